The monoisotopic (exact) mass is 240 g/mol. The summed E-state index contributed by atoms with van der Waals surface area (Å²) >= 11 is 5.99. The fraction of sp³-hybridized carbons (Fsp3) is 0.200. The molecule has 0 unspecified atom stereocenters. The number of aromatic carboxylic acids is 1. The molecule has 16 heavy (non-hydrogen) atoms. The molecule has 0 saturated carbocycles. The molecule has 2 heterocycles. The lowest BCUT2D eigenvalue weighted by Crippen LogP contribution is -2.00. The van der Waals surface area contributed by atoms with Crippen molar-refractivity contribution in [1.29, 1.82) is 0 Å². The van der Waals surface area contributed by atoms with E-state index in [1.807, 2.05) is 0 Å². The second-order valence-corrected chi connectivity index (χ2v) is 3.79. The minimum Gasteiger partial charge on any atom is -0.478 e. The molecule has 0 amide bonds. The van der Waals surface area contributed by atoms with Crippen LogP contribution in [0.3, 0.4) is 0 Å². The van der Waals surface area contributed by atoms with Crippen LogP contribution in [0.15, 0.2) is 12.4 Å². The second kappa shape index (κ2) is 3.77. The summed E-state index contributed by atoms with van der Waals surface area (Å²) in [5, 5.41) is 18.7. The largest absolute Gasteiger partial charge is 0.478 e. The van der Waals surface area contributed by atoms with Crippen LogP contribution in [-0.4, -0.2) is 25.7 Å². The topological polar surface area (TPSA) is 75.4 Å². The van der Waals surface area contributed by atoms with E-state index in [9.17, 15) is 4.79 Å². The van der Waals surface area contributed by atoms with Crippen LogP contribution in [0.2, 0.25) is 5.02 Å². The van der Waals surface area contributed by atoms with Crippen LogP contribution in [0.1, 0.15) is 15.9 Å². The van der Waals surface area contributed by atoms with Crippen molar-refractivity contribution in [3.63, 3.8) is 0 Å². The van der Waals surface area contributed by atoms with Gasteiger partial charge in [0.05, 0.1) is 17.2 Å². The van der Waals surface area contributed by atoms with Gasteiger partial charge < -0.3 is 14.8 Å². The van der Waals surface area contributed by atoms with Crippen LogP contribution < -0.4 is 0 Å². The highest BCUT2D eigenvalue weighted by molar-refractivity contribution is 6.38. The average Bonchev–Trinajstić information content (AvgIpc) is 2.56. The maximum Gasteiger partial charge on any atom is 0.338 e. The predicted octanol–water partition coefficient (Wildman–Crippen LogP) is 1.42. The number of halogens is 1. The molecule has 0 aromatic carbocycles. The van der Waals surface area contributed by atoms with Gasteiger partial charge in [0.1, 0.15) is 5.65 Å². The summed E-state index contributed by atoms with van der Waals surface area (Å²) < 4.78 is 1.69. The summed E-state index contributed by atoms with van der Waals surface area (Å²) in [6, 6.07) is 0. The first-order valence-corrected chi connectivity index (χ1v) is 4.90. The average molecular weight is 241 g/mol. The molecular formula is C10H9ClN2O3. The predicted molar refractivity (Wildman–Crippen MR) is 58.6 cm³/mol. The fourth-order valence-electron chi connectivity index (χ4n) is 1.66. The molecular weight excluding hydrogens is 232 g/mol. The molecule has 0 aliphatic heterocycles. The standard InChI is InChI=1S/C10H9ClN2O3/c1-13-3-5(4-14)7-8(11)6(10(15)16)2-12-9(7)13/h2-3,14H,4H2,1H3,(H,15,16). The van der Waals surface area contributed by atoms with E-state index in [2.05, 4.69) is 4.98 Å². The summed E-state index contributed by atoms with van der Waals surface area (Å²) in [5.74, 6) is -1.13. The molecule has 2 rings (SSSR count). The highest BCUT2D eigenvalue weighted by Gasteiger charge is 2.17. The Labute approximate surface area is 95.9 Å². The molecule has 84 valence electrons. The van der Waals surface area contributed by atoms with Crippen molar-refractivity contribution in [3.8, 4) is 0 Å². The summed E-state index contributed by atoms with van der Waals surface area (Å²) in [4.78, 5) is 14.9. The number of fused-ring (bicyclic) bond motifs is 1. The number of aliphatic hydroxyl groups excluding tert-OH is 1. The number of nitrogens with zero attached hydrogens (tertiary/aromatic N) is 2. The van der Waals surface area contributed by atoms with Crippen molar-refractivity contribution in [2.24, 2.45) is 7.05 Å². The van der Waals surface area contributed by atoms with E-state index in [1.165, 1.54) is 6.20 Å². The number of aryl methyl sites for hydroxylation is 1. The van der Waals surface area contributed by atoms with Crippen LogP contribution in [-0.2, 0) is 13.7 Å². The Hall–Kier alpha value is -1.59. The molecule has 2 aromatic rings. The molecule has 2 aromatic heterocycles. The second-order valence-electron chi connectivity index (χ2n) is 3.41. The lowest BCUT2D eigenvalue weighted by Gasteiger charge is -2.01. The first-order valence-electron chi connectivity index (χ1n) is 4.52. The Morgan fingerprint density at radius 1 is 1.62 bits per heavy atom. The van der Waals surface area contributed by atoms with Gasteiger partial charge in [-0.05, 0) is 0 Å². The van der Waals surface area contributed by atoms with Gasteiger partial charge in [-0.2, -0.15) is 0 Å². The van der Waals surface area contributed by atoms with Crippen molar-refractivity contribution in [2.45, 2.75) is 6.61 Å². The van der Waals surface area contributed by atoms with Crippen LogP contribution in [0.25, 0.3) is 11.0 Å². The summed E-state index contributed by atoms with van der Waals surface area (Å²) in [5.41, 5.74) is 1.06. The van der Waals surface area contributed by atoms with Gasteiger partial charge in [0.25, 0.3) is 0 Å². The lowest BCUT2D eigenvalue weighted by molar-refractivity contribution is 0.0697. The molecule has 0 radical (unpaired) electrons. The molecule has 0 atom stereocenters. The van der Waals surface area contributed by atoms with Crippen LogP contribution in [0.5, 0.6) is 0 Å². The highest BCUT2D eigenvalue weighted by atomic mass is 35.5. The number of aliphatic hydroxyl groups is 1. The Balaban J connectivity index is 2.86. The fourth-order valence-corrected chi connectivity index (χ4v) is 2.00. The van der Waals surface area contributed by atoms with Gasteiger partial charge in [0, 0.05) is 30.4 Å². The van der Waals surface area contributed by atoms with Gasteiger partial charge >= 0.3 is 5.97 Å². The van der Waals surface area contributed by atoms with Gasteiger partial charge in [-0.3, -0.25) is 0 Å². The first kappa shape index (κ1) is 10.9. The normalized spacial score (nSPS) is 10.9. The third kappa shape index (κ3) is 1.45. The highest BCUT2D eigenvalue weighted by Crippen LogP contribution is 2.29. The first-order chi connectivity index (χ1) is 7.56. The minimum atomic E-state index is -1.13. The Morgan fingerprint density at radius 2 is 2.31 bits per heavy atom. The molecule has 0 saturated heterocycles. The molecule has 0 fully saturated rings. The summed E-state index contributed by atoms with van der Waals surface area (Å²) in [6.45, 7) is -0.207. The van der Waals surface area contributed by atoms with Crippen molar-refractivity contribution >= 4 is 28.6 Å². The smallest absolute Gasteiger partial charge is 0.338 e. The lowest BCUT2D eigenvalue weighted by atomic mass is 10.2. The number of pyridine rings is 1. The van der Waals surface area contributed by atoms with Crippen LogP contribution in [0, 0.1) is 0 Å². The Kier molecular flexibility index (Phi) is 2.57. The van der Waals surface area contributed by atoms with Gasteiger partial charge in [0.15, 0.2) is 0 Å². The quantitative estimate of drug-likeness (QED) is 0.832. The number of hydrogen-bond acceptors (Lipinski definition) is 3. The summed E-state index contributed by atoms with van der Waals surface area (Å²) in [6.07, 6.45) is 2.89. The summed E-state index contributed by atoms with van der Waals surface area (Å²) in [7, 11) is 1.76. The van der Waals surface area contributed by atoms with E-state index >= 15 is 0 Å². The minimum absolute atomic E-state index is 0.0601. The molecule has 0 bridgehead atoms. The Bertz CT molecular complexity index is 577. The zero-order chi connectivity index (χ0) is 11.9. The van der Waals surface area contributed by atoms with Crippen molar-refractivity contribution in [3.05, 3.63) is 28.5 Å². The van der Waals surface area contributed by atoms with Gasteiger partial charge in [-0.1, -0.05) is 11.6 Å². The number of rotatable bonds is 2. The maximum atomic E-state index is 10.9. The third-order valence-corrected chi connectivity index (χ3v) is 2.79. The van der Waals surface area contributed by atoms with E-state index in [4.69, 9.17) is 21.8 Å². The van der Waals surface area contributed by atoms with E-state index in [1.54, 1.807) is 17.8 Å². The van der Waals surface area contributed by atoms with Gasteiger partial charge in [-0.15, -0.1) is 0 Å². The van der Waals surface area contributed by atoms with E-state index in [0.717, 1.165) is 0 Å². The molecule has 0 spiro atoms. The van der Waals surface area contributed by atoms with Crippen LogP contribution >= 0.6 is 11.6 Å². The number of carboxylic acids is 1. The molecule has 6 heteroatoms. The van der Waals surface area contributed by atoms with E-state index < -0.39 is 5.97 Å². The van der Waals surface area contributed by atoms with E-state index in [-0.39, 0.29) is 17.2 Å². The zero-order valence-corrected chi connectivity index (χ0v) is 9.19. The molecule has 0 aliphatic carbocycles. The molecule has 2 N–H and O–H groups in total. The number of aromatic nitrogens is 2. The number of hydrogen-bond donors (Lipinski definition) is 2. The number of carboxylic acid groups (broad SMARTS) is 1. The maximum absolute atomic E-state index is 10.9. The Morgan fingerprint density at radius 3 is 2.88 bits per heavy atom. The van der Waals surface area contributed by atoms with Crippen LogP contribution in [0.4, 0.5) is 0 Å². The van der Waals surface area contributed by atoms with E-state index in [0.29, 0.717) is 16.6 Å². The van der Waals surface area contributed by atoms with Crippen molar-refractivity contribution in [2.75, 3.05) is 0 Å². The van der Waals surface area contributed by atoms with Crippen molar-refractivity contribution < 1.29 is 15.0 Å². The van der Waals surface area contributed by atoms with Crippen molar-refractivity contribution in [1.82, 2.24) is 9.55 Å². The zero-order valence-electron chi connectivity index (χ0n) is 8.44. The van der Waals surface area contributed by atoms with Gasteiger partial charge in [-0.25, -0.2) is 9.78 Å². The molecule has 0 aliphatic rings. The molecule has 5 nitrogen and oxygen atoms in total. The number of carbonyl (C=O) groups is 1. The third-order valence-electron chi connectivity index (χ3n) is 2.40. The van der Waals surface area contributed by atoms with Gasteiger partial charge in [0.2, 0.25) is 0 Å². The SMILES string of the molecule is Cn1cc(CO)c2c(Cl)c(C(=O)O)cnc21.